The lowest BCUT2D eigenvalue weighted by molar-refractivity contribution is 0.0203. The van der Waals surface area contributed by atoms with Crippen molar-refractivity contribution in [3.05, 3.63) is 18.2 Å². The molecule has 1 aliphatic heterocycles. The van der Waals surface area contributed by atoms with Crippen LogP contribution in [0.5, 0.6) is 0 Å². The Morgan fingerprint density at radius 1 is 1.42 bits per heavy atom. The number of hydrogen-bond donors (Lipinski definition) is 1. The lowest BCUT2D eigenvalue weighted by Crippen LogP contribution is -2.35. The van der Waals surface area contributed by atoms with Gasteiger partial charge in [-0.2, -0.15) is 0 Å². The second-order valence-corrected chi connectivity index (χ2v) is 5.81. The van der Waals surface area contributed by atoms with Crippen molar-refractivity contribution in [1.82, 2.24) is 14.9 Å². The molecule has 0 amide bonds. The minimum atomic E-state index is 0.177. The summed E-state index contributed by atoms with van der Waals surface area (Å²) in [6.45, 7) is 5.00. The molecule has 2 aliphatic rings. The van der Waals surface area contributed by atoms with Gasteiger partial charge in [0.25, 0.3) is 0 Å². The van der Waals surface area contributed by atoms with Gasteiger partial charge in [-0.1, -0.05) is 26.2 Å². The zero-order valence-corrected chi connectivity index (χ0v) is 11.8. The monoisotopic (exact) mass is 263 g/mol. The Morgan fingerprint density at radius 3 is 3.11 bits per heavy atom. The Labute approximate surface area is 115 Å². The van der Waals surface area contributed by atoms with Gasteiger partial charge in [0.2, 0.25) is 0 Å². The molecule has 19 heavy (non-hydrogen) atoms. The van der Waals surface area contributed by atoms with Crippen LogP contribution in [0.3, 0.4) is 0 Å². The summed E-state index contributed by atoms with van der Waals surface area (Å²) in [4.78, 5) is 4.40. The highest BCUT2D eigenvalue weighted by molar-refractivity contribution is 5.07. The van der Waals surface area contributed by atoms with E-state index >= 15 is 0 Å². The fourth-order valence-corrected chi connectivity index (χ4v) is 3.63. The van der Waals surface area contributed by atoms with Crippen LogP contribution in [-0.2, 0) is 4.74 Å². The first-order chi connectivity index (χ1) is 9.40. The molecule has 0 bridgehead atoms. The van der Waals surface area contributed by atoms with Crippen LogP contribution in [-0.4, -0.2) is 29.2 Å². The molecule has 2 fully saturated rings. The normalized spacial score (nSPS) is 32.4. The van der Waals surface area contributed by atoms with E-state index in [0.29, 0.717) is 6.04 Å². The molecule has 3 rings (SSSR count). The zero-order valence-electron chi connectivity index (χ0n) is 11.8. The van der Waals surface area contributed by atoms with E-state index in [1.54, 1.807) is 0 Å². The van der Waals surface area contributed by atoms with Crippen molar-refractivity contribution in [1.29, 1.82) is 0 Å². The van der Waals surface area contributed by atoms with Gasteiger partial charge in [0.15, 0.2) is 0 Å². The van der Waals surface area contributed by atoms with E-state index in [1.807, 2.05) is 12.5 Å². The summed E-state index contributed by atoms with van der Waals surface area (Å²) < 4.78 is 8.31. The maximum Gasteiger partial charge on any atom is 0.111 e. The van der Waals surface area contributed by atoms with Crippen LogP contribution in [0.1, 0.15) is 56.9 Å². The number of imidazole rings is 1. The summed E-state index contributed by atoms with van der Waals surface area (Å²) in [6, 6.07) is 0.627. The predicted octanol–water partition coefficient (Wildman–Crippen LogP) is 2.69. The van der Waals surface area contributed by atoms with Gasteiger partial charge in [-0.15, -0.1) is 0 Å². The van der Waals surface area contributed by atoms with E-state index in [4.69, 9.17) is 4.74 Å². The largest absolute Gasteiger partial charge is 0.369 e. The van der Waals surface area contributed by atoms with Crippen molar-refractivity contribution in [2.75, 3.05) is 19.7 Å². The average Bonchev–Trinajstić information content (AvgIpc) is 2.97. The van der Waals surface area contributed by atoms with Crippen molar-refractivity contribution >= 4 is 0 Å². The van der Waals surface area contributed by atoms with Crippen molar-refractivity contribution in [3.8, 4) is 0 Å². The first-order valence-corrected chi connectivity index (χ1v) is 7.74. The van der Waals surface area contributed by atoms with Gasteiger partial charge in [-0.25, -0.2) is 4.98 Å². The predicted molar refractivity (Wildman–Crippen MR) is 75.1 cm³/mol. The molecule has 0 aromatic carbocycles. The number of morpholine rings is 1. The quantitative estimate of drug-likeness (QED) is 0.911. The Morgan fingerprint density at radius 2 is 2.32 bits per heavy atom. The molecule has 4 heteroatoms. The van der Waals surface area contributed by atoms with Crippen LogP contribution in [0.2, 0.25) is 0 Å². The third-order valence-electron chi connectivity index (χ3n) is 4.70. The minimum absolute atomic E-state index is 0.177. The lowest BCUT2D eigenvalue weighted by Gasteiger charge is -2.34. The molecule has 0 radical (unpaired) electrons. The fraction of sp³-hybridized carbons (Fsp3) is 0.800. The topological polar surface area (TPSA) is 39.1 Å². The number of hydrogen-bond acceptors (Lipinski definition) is 3. The van der Waals surface area contributed by atoms with E-state index < -0.39 is 0 Å². The van der Waals surface area contributed by atoms with E-state index in [0.717, 1.165) is 25.6 Å². The molecule has 1 N–H and O–H groups in total. The highest BCUT2D eigenvalue weighted by Crippen LogP contribution is 2.37. The summed E-state index contributed by atoms with van der Waals surface area (Å²) in [5.41, 5.74) is 1.26. The van der Waals surface area contributed by atoms with Crippen LogP contribution >= 0.6 is 0 Å². The fourth-order valence-electron chi connectivity index (χ4n) is 3.63. The Bertz CT molecular complexity index is 398. The average molecular weight is 263 g/mol. The zero-order chi connectivity index (χ0) is 13.1. The molecular weight excluding hydrogens is 238 g/mol. The van der Waals surface area contributed by atoms with Gasteiger partial charge in [-0.3, -0.25) is 0 Å². The number of nitrogens with zero attached hydrogens (tertiary/aromatic N) is 2. The first-order valence-electron chi connectivity index (χ1n) is 7.74. The number of rotatable bonds is 3. The Kier molecular flexibility index (Phi) is 4.18. The summed E-state index contributed by atoms with van der Waals surface area (Å²) in [7, 11) is 0. The molecule has 3 unspecified atom stereocenters. The summed E-state index contributed by atoms with van der Waals surface area (Å²) >= 11 is 0. The van der Waals surface area contributed by atoms with Crippen molar-refractivity contribution < 1.29 is 4.74 Å². The van der Waals surface area contributed by atoms with E-state index in [-0.39, 0.29) is 6.10 Å². The van der Waals surface area contributed by atoms with Crippen molar-refractivity contribution in [2.45, 2.75) is 51.2 Å². The smallest absolute Gasteiger partial charge is 0.111 e. The van der Waals surface area contributed by atoms with Crippen LogP contribution in [0, 0.1) is 5.92 Å². The number of aromatic nitrogens is 2. The molecule has 1 saturated carbocycles. The van der Waals surface area contributed by atoms with Gasteiger partial charge < -0.3 is 14.6 Å². The van der Waals surface area contributed by atoms with Crippen LogP contribution in [0.4, 0.5) is 0 Å². The molecule has 0 spiro atoms. The maximum atomic E-state index is 5.90. The van der Waals surface area contributed by atoms with Crippen LogP contribution < -0.4 is 5.32 Å². The molecular formula is C15H25N3O. The summed E-state index contributed by atoms with van der Waals surface area (Å²) in [6.07, 6.45) is 10.9. The first kappa shape index (κ1) is 13.1. The standard InChI is InChI=1S/C15H25N3O/c1-2-12-5-3-4-6-13(12)18-11-17-9-14(18)15-10-16-7-8-19-15/h9,11-13,15-16H,2-8,10H2,1H3. The third-order valence-corrected chi connectivity index (χ3v) is 4.70. The second-order valence-electron chi connectivity index (χ2n) is 5.81. The molecule has 2 heterocycles. The molecule has 1 aliphatic carbocycles. The van der Waals surface area contributed by atoms with Gasteiger partial charge in [0, 0.05) is 19.1 Å². The molecule has 4 nitrogen and oxygen atoms in total. The van der Waals surface area contributed by atoms with Gasteiger partial charge in [0.05, 0.1) is 24.8 Å². The van der Waals surface area contributed by atoms with E-state index in [9.17, 15) is 0 Å². The molecule has 106 valence electrons. The van der Waals surface area contributed by atoms with Crippen molar-refractivity contribution in [3.63, 3.8) is 0 Å². The number of nitrogens with one attached hydrogen (secondary N) is 1. The molecule has 1 aromatic heterocycles. The minimum Gasteiger partial charge on any atom is -0.369 e. The Hall–Kier alpha value is -0.870. The van der Waals surface area contributed by atoms with Crippen LogP contribution in [0.25, 0.3) is 0 Å². The van der Waals surface area contributed by atoms with E-state index in [2.05, 4.69) is 21.8 Å². The van der Waals surface area contributed by atoms with Gasteiger partial charge in [-0.05, 0) is 18.8 Å². The van der Waals surface area contributed by atoms with Crippen LogP contribution in [0.15, 0.2) is 12.5 Å². The van der Waals surface area contributed by atoms with Gasteiger partial charge >= 0.3 is 0 Å². The Balaban J connectivity index is 1.81. The van der Waals surface area contributed by atoms with Gasteiger partial charge in [0.1, 0.15) is 6.10 Å². The second kappa shape index (κ2) is 6.06. The number of ether oxygens (including phenoxy) is 1. The van der Waals surface area contributed by atoms with Crippen molar-refractivity contribution in [2.24, 2.45) is 5.92 Å². The molecule has 3 atom stereocenters. The molecule has 1 aromatic rings. The van der Waals surface area contributed by atoms with E-state index in [1.165, 1.54) is 37.8 Å². The molecule has 1 saturated heterocycles. The summed E-state index contributed by atoms with van der Waals surface area (Å²) in [5.74, 6) is 0.804. The SMILES string of the molecule is CCC1CCCCC1n1cncc1C1CNCCO1. The third kappa shape index (κ3) is 2.70. The highest BCUT2D eigenvalue weighted by atomic mass is 16.5. The lowest BCUT2D eigenvalue weighted by atomic mass is 9.82. The summed E-state index contributed by atoms with van der Waals surface area (Å²) in [5, 5.41) is 3.41. The maximum absolute atomic E-state index is 5.90. The highest BCUT2D eigenvalue weighted by Gasteiger charge is 2.29.